The maximum atomic E-state index is 5.94. The number of benzene rings is 1. The molecule has 1 aromatic rings. The Bertz CT molecular complexity index is 359. The standard InChI is InChI=1S/C13H17BrClN/c1-10-4-6-16(7-5-10)9-11-2-3-12(15)8-13(11)14/h2-3,8,10H,4-7,9H2,1H3. The van der Waals surface area contributed by atoms with Crippen LogP contribution in [0.3, 0.4) is 0 Å². The summed E-state index contributed by atoms with van der Waals surface area (Å²) >= 11 is 9.51. The molecule has 0 atom stereocenters. The van der Waals surface area contributed by atoms with Gasteiger partial charge in [-0.05, 0) is 49.5 Å². The summed E-state index contributed by atoms with van der Waals surface area (Å²) in [7, 11) is 0. The molecule has 0 N–H and O–H groups in total. The second-order valence-electron chi connectivity index (χ2n) is 4.69. The Kier molecular flexibility index (Phi) is 4.28. The lowest BCUT2D eigenvalue weighted by Gasteiger charge is -2.30. The van der Waals surface area contributed by atoms with Crippen LogP contribution in [0, 0.1) is 5.92 Å². The highest BCUT2D eigenvalue weighted by molar-refractivity contribution is 9.10. The van der Waals surface area contributed by atoms with E-state index in [1.54, 1.807) is 0 Å². The van der Waals surface area contributed by atoms with Crippen molar-refractivity contribution in [2.24, 2.45) is 5.92 Å². The number of halogens is 2. The van der Waals surface area contributed by atoms with E-state index >= 15 is 0 Å². The van der Waals surface area contributed by atoms with E-state index in [0.717, 1.165) is 22.0 Å². The minimum Gasteiger partial charge on any atom is -0.299 e. The molecule has 1 aromatic carbocycles. The SMILES string of the molecule is CC1CCN(Cc2ccc(Cl)cc2Br)CC1. The van der Waals surface area contributed by atoms with Crippen molar-refractivity contribution in [1.82, 2.24) is 4.90 Å². The first-order chi connectivity index (χ1) is 7.65. The third-order valence-corrected chi connectivity index (χ3v) is 4.26. The fraction of sp³-hybridized carbons (Fsp3) is 0.538. The van der Waals surface area contributed by atoms with Crippen LogP contribution in [0.2, 0.25) is 5.02 Å². The van der Waals surface area contributed by atoms with Crippen LogP contribution in [0.1, 0.15) is 25.3 Å². The van der Waals surface area contributed by atoms with E-state index in [4.69, 9.17) is 11.6 Å². The second-order valence-corrected chi connectivity index (χ2v) is 5.99. The molecule has 0 radical (unpaired) electrons. The molecule has 0 saturated carbocycles. The first-order valence-electron chi connectivity index (χ1n) is 5.81. The van der Waals surface area contributed by atoms with E-state index in [0.29, 0.717) is 0 Å². The van der Waals surface area contributed by atoms with E-state index in [9.17, 15) is 0 Å². The quantitative estimate of drug-likeness (QED) is 0.786. The molecular formula is C13H17BrClN. The highest BCUT2D eigenvalue weighted by atomic mass is 79.9. The number of nitrogens with zero attached hydrogens (tertiary/aromatic N) is 1. The lowest BCUT2D eigenvalue weighted by molar-refractivity contribution is 0.185. The van der Waals surface area contributed by atoms with Gasteiger partial charge < -0.3 is 0 Å². The molecule has 88 valence electrons. The van der Waals surface area contributed by atoms with Crippen molar-refractivity contribution >= 4 is 27.5 Å². The molecule has 0 bridgehead atoms. The van der Waals surface area contributed by atoms with Gasteiger partial charge in [0.1, 0.15) is 0 Å². The Balaban J connectivity index is 1.98. The van der Waals surface area contributed by atoms with Gasteiger partial charge in [0.2, 0.25) is 0 Å². The number of hydrogen-bond donors (Lipinski definition) is 0. The Morgan fingerprint density at radius 3 is 2.69 bits per heavy atom. The fourth-order valence-corrected chi connectivity index (χ4v) is 2.92. The van der Waals surface area contributed by atoms with E-state index in [-0.39, 0.29) is 0 Å². The van der Waals surface area contributed by atoms with Gasteiger partial charge in [-0.3, -0.25) is 4.90 Å². The first-order valence-corrected chi connectivity index (χ1v) is 6.98. The number of piperidine rings is 1. The minimum absolute atomic E-state index is 0.794. The number of hydrogen-bond acceptors (Lipinski definition) is 1. The summed E-state index contributed by atoms with van der Waals surface area (Å²) in [5.41, 5.74) is 1.33. The maximum Gasteiger partial charge on any atom is 0.0417 e. The summed E-state index contributed by atoms with van der Waals surface area (Å²) in [4.78, 5) is 2.52. The van der Waals surface area contributed by atoms with Crippen molar-refractivity contribution in [2.75, 3.05) is 13.1 Å². The molecule has 1 saturated heterocycles. The van der Waals surface area contributed by atoms with Crippen LogP contribution < -0.4 is 0 Å². The van der Waals surface area contributed by atoms with Crippen molar-refractivity contribution in [1.29, 1.82) is 0 Å². The fourth-order valence-electron chi connectivity index (χ4n) is 2.11. The highest BCUT2D eigenvalue weighted by Gasteiger charge is 2.16. The predicted octanol–water partition coefficient (Wildman–Crippen LogP) is 4.33. The van der Waals surface area contributed by atoms with Crippen LogP contribution in [0.15, 0.2) is 22.7 Å². The zero-order valence-electron chi connectivity index (χ0n) is 9.55. The van der Waals surface area contributed by atoms with Crippen molar-refractivity contribution < 1.29 is 0 Å². The van der Waals surface area contributed by atoms with Gasteiger partial charge >= 0.3 is 0 Å². The molecule has 0 unspecified atom stereocenters. The molecule has 0 spiro atoms. The Morgan fingerprint density at radius 2 is 2.06 bits per heavy atom. The lowest BCUT2D eigenvalue weighted by Crippen LogP contribution is -2.32. The predicted molar refractivity (Wildman–Crippen MR) is 72.8 cm³/mol. The van der Waals surface area contributed by atoms with Gasteiger partial charge in [0, 0.05) is 16.0 Å². The summed E-state index contributed by atoms with van der Waals surface area (Å²) in [5.74, 6) is 0.893. The van der Waals surface area contributed by atoms with Crippen LogP contribution in [-0.4, -0.2) is 18.0 Å². The van der Waals surface area contributed by atoms with Gasteiger partial charge in [0.05, 0.1) is 0 Å². The number of likely N-dealkylation sites (tertiary alicyclic amines) is 1. The summed E-state index contributed by atoms with van der Waals surface area (Å²) in [6.07, 6.45) is 2.65. The van der Waals surface area contributed by atoms with Gasteiger partial charge in [0.15, 0.2) is 0 Å². The summed E-state index contributed by atoms with van der Waals surface area (Å²) in [6.45, 7) is 5.81. The summed E-state index contributed by atoms with van der Waals surface area (Å²) in [5, 5.41) is 0.794. The van der Waals surface area contributed by atoms with E-state index < -0.39 is 0 Å². The highest BCUT2D eigenvalue weighted by Crippen LogP contribution is 2.24. The van der Waals surface area contributed by atoms with Crippen molar-refractivity contribution in [3.05, 3.63) is 33.3 Å². The molecule has 1 aliphatic heterocycles. The Morgan fingerprint density at radius 1 is 1.38 bits per heavy atom. The average molecular weight is 303 g/mol. The van der Waals surface area contributed by atoms with Gasteiger partial charge in [-0.25, -0.2) is 0 Å². The van der Waals surface area contributed by atoms with E-state index in [2.05, 4.69) is 33.8 Å². The smallest absolute Gasteiger partial charge is 0.0417 e. The molecule has 1 heterocycles. The molecule has 1 fully saturated rings. The van der Waals surface area contributed by atoms with Crippen LogP contribution in [0.25, 0.3) is 0 Å². The van der Waals surface area contributed by atoms with Crippen molar-refractivity contribution in [3.8, 4) is 0 Å². The summed E-state index contributed by atoms with van der Waals surface area (Å²) in [6, 6.07) is 6.06. The largest absolute Gasteiger partial charge is 0.299 e. The van der Waals surface area contributed by atoms with Crippen LogP contribution in [-0.2, 0) is 6.54 Å². The Hall–Kier alpha value is -0.0500. The molecular weight excluding hydrogens is 286 g/mol. The molecule has 1 nitrogen and oxygen atoms in total. The lowest BCUT2D eigenvalue weighted by atomic mass is 9.99. The molecule has 0 amide bonds. The van der Waals surface area contributed by atoms with Gasteiger partial charge in [-0.1, -0.05) is 40.5 Å². The molecule has 0 aliphatic carbocycles. The Labute approximate surface area is 111 Å². The second kappa shape index (κ2) is 5.52. The van der Waals surface area contributed by atoms with E-state index in [1.165, 1.54) is 31.5 Å². The minimum atomic E-state index is 0.794. The summed E-state index contributed by atoms with van der Waals surface area (Å²) < 4.78 is 1.12. The normalized spacial score (nSPS) is 18.9. The van der Waals surface area contributed by atoms with Crippen molar-refractivity contribution in [2.45, 2.75) is 26.3 Å². The third kappa shape index (κ3) is 3.22. The average Bonchev–Trinajstić information content (AvgIpc) is 2.25. The molecule has 3 heteroatoms. The zero-order chi connectivity index (χ0) is 11.5. The van der Waals surface area contributed by atoms with E-state index in [1.807, 2.05) is 12.1 Å². The molecule has 1 aliphatic rings. The van der Waals surface area contributed by atoms with Crippen LogP contribution in [0.4, 0.5) is 0 Å². The van der Waals surface area contributed by atoms with Gasteiger partial charge in [-0.15, -0.1) is 0 Å². The number of rotatable bonds is 2. The molecule has 2 rings (SSSR count). The van der Waals surface area contributed by atoms with Gasteiger partial charge in [-0.2, -0.15) is 0 Å². The third-order valence-electron chi connectivity index (χ3n) is 3.29. The topological polar surface area (TPSA) is 3.24 Å². The first kappa shape index (κ1) is 12.4. The van der Waals surface area contributed by atoms with Crippen LogP contribution >= 0.6 is 27.5 Å². The van der Waals surface area contributed by atoms with Gasteiger partial charge in [0.25, 0.3) is 0 Å². The molecule has 16 heavy (non-hydrogen) atoms. The maximum absolute atomic E-state index is 5.94. The molecule has 0 aromatic heterocycles. The zero-order valence-corrected chi connectivity index (χ0v) is 11.9. The van der Waals surface area contributed by atoms with Crippen molar-refractivity contribution in [3.63, 3.8) is 0 Å². The monoisotopic (exact) mass is 301 g/mol. The van der Waals surface area contributed by atoms with Crippen LogP contribution in [0.5, 0.6) is 0 Å².